The second-order valence-electron chi connectivity index (χ2n) is 5.47. The summed E-state index contributed by atoms with van der Waals surface area (Å²) in [6.45, 7) is -0.194. The van der Waals surface area contributed by atoms with E-state index in [-0.39, 0.29) is 36.7 Å². The molecule has 0 aliphatic carbocycles. The highest BCUT2D eigenvalue weighted by Crippen LogP contribution is 2.30. The van der Waals surface area contributed by atoms with Crippen LogP contribution in [0.15, 0.2) is 18.2 Å². The van der Waals surface area contributed by atoms with Crippen LogP contribution >= 0.6 is 0 Å². The van der Waals surface area contributed by atoms with Crippen LogP contribution in [-0.4, -0.2) is 31.4 Å². The summed E-state index contributed by atoms with van der Waals surface area (Å²) in [4.78, 5) is 10.9. The molecular weight excluding hydrogens is 391 g/mol. The third kappa shape index (κ3) is 4.62. The molecule has 2 aromatic carbocycles. The van der Waals surface area contributed by atoms with Gasteiger partial charge < -0.3 is 19.3 Å². The number of carbonyl (C=O) groups is 1. The molecule has 1 N–H and O–H groups in total. The van der Waals surface area contributed by atoms with Gasteiger partial charge in [-0.3, -0.25) is 0 Å². The number of carboxylic acid groups (broad SMARTS) is 1. The minimum atomic E-state index is -2.25. The molecule has 0 saturated carbocycles. The monoisotopic (exact) mass is 406 g/mol. The van der Waals surface area contributed by atoms with E-state index in [1.54, 1.807) is 0 Å². The number of ether oxygens (including phenoxy) is 3. The van der Waals surface area contributed by atoms with Gasteiger partial charge in [0.05, 0.1) is 25.9 Å². The number of hydrogen-bond donors (Lipinski definition) is 1. The average molecular weight is 406 g/mol. The zero-order chi connectivity index (χ0) is 20.8. The third-order valence-electron chi connectivity index (χ3n) is 3.62. The largest absolute Gasteiger partial charge is 0.493 e. The number of carboxylic acids is 1. The number of hydrogen-bond acceptors (Lipinski definition) is 4. The zero-order valence-electron chi connectivity index (χ0n) is 14.5. The fourth-order valence-corrected chi connectivity index (χ4v) is 2.19. The Bertz CT molecular complexity index is 843. The van der Waals surface area contributed by atoms with Crippen molar-refractivity contribution in [3.05, 3.63) is 52.8 Å². The van der Waals surface area contributed by atoms with Gasteiger partial charge in [-0.05, 0) is 31.0 Å². The molecule has 28 heavy (non-hydrogen) atoms. The van der Waals surface area contributed by atoms with Gasteiger partial charge in [0.1, 0.15) is 0 Å². The summed E-state index contributed by atoms with van der Waals surface area (Å²) < 4.78 is 81.1. The quantitative estimate of drug-likeness (QED) is 0.291. The minimum absolute atomic E-state index is 0.0143. The van der Waals surface area contributed by atoms with Crippen molar-refractivity contribution in [3.8, 4) is 17.2 Å². The molecule has 0 radical (unpaired) electrons. The predicted molar refractivity (Wildman–Crippen MR) is 86.4 cm³/mol. The lowest BCUT2D eigenvalue weighted by atomic mass is 10.2. The van der Waals surface area contributed by atoms with Crippen molar-refractivity contribution in [2.75, 3.05) is 20.3 Å². The molecule has 10 heteroatoms. The van der Waals surface area contributed by atoms with Crippen molar-refractivity contribution in [1.29, 1.82) is 0 Å². The maximum atomic E-state index is 13.4. The number of halogens is 5. The van der Waals surface area contributed by atoms with Gasteiger partial charge in [-0.15, -0.1) is 0 Å². The number of unbranched alkanes of at least 4 members (excludes halogenated alkanes) is 1. The first kappa shape index (κ1) is 21.3. The first-order chi connectivity index (χ1) is 13.3. The van der Waals surface area contributed by atoms with E-state index in [1.807, 2.05) is 0 Å². The molecule has 152 valence electrons. The molecule has 0 atom stereocenters. The number of benzene rings is 2. The van der Waals surface area contributed by atoms with Crippen molar-refractivity contribution in [3.63, 3.8) is 0 Å². The number of methoxy groups -OCH3 is 1. The molecular formula is C18H15F5O5. The van der Waals surface area contributed by atoms with E-state index in [0.717, 1.165) is 0 Å². The lowest BCUT2D eigenvalue weighted by Crippen LogP contribution is -2.09. The molecule has 0 bridgehead atoms. The Hall–Kier alpha value is -3.04. The van der Waals surface area contributed by atoms with E-state index in [9.17, 15) is 26.7 Å². The van der Waals surface area contributed by atoms with Gasteiger partial charge >= 0.3 is 5.97 Å². The van der Waals surface area contributed by atoms with Crippen LogP contribution in [0, 0.1) is 29.1 Å². The Morgan fingerprint density at radius 2 is 1.39 bits per heavy atom. The third-order valence-corrected chi connectivity index (χ3v) is 3.62. The summed E-state index contributed by atoms with van der Waals surface area (Å²) in [5, 5.41) is 8.92. The summed E-state index contributed by atoms with van der Waals surface area (Å²) >= 11 is 0. The molecule has 2 rings (SSSR count). The van der Waals surface area contributed by atoms with Crippen LogP contribution in [0.3, 0.4) is 0 Å². The van der Waals surface area contributed by atoms with Gasteiger partial charge in [-0.2, -0.15) is 8.78 Å². The van der Waals surface area contributed by atoms with Crippen LogP contribution in [0.2, 0.25) is 0 Å². The summed E-state index contributed by atoms with van der Waals surface area (Å²) in [5.41, 5.74) is 0.0143. The molecule has 0 heterocycles. The van der Waals surface area contributed by atoms with Gasteiger partial charge in [0.15, 0.2) is 17.2 Å². The van der Waals surface area contributed by atoms with Gasteiger partial charge in [0, 0.05) is 0 Å². The second-order valence-corrected chi connectivity index (χ2v) is 5.47. The van der Waals surface area contributed by atoms with Gasteiger partial charge in [-0.25, -0.2) is 18.0 Å². The summed E-state index contributed by atoms with van der Waals surface area (Å²) in [6, 6.07) is 4.02. The second kappa shape index (κ2) is 9.25. The van der Waals surface area contributed by atoms with Gasteiger partial charge in [0.2, 0.25) is 29.1 Å². The molecule has 0 amide bonds. The van der Waals surface area contributed by atoms with Crippen molar-refractivity contribution in [2.24, 2.45) is 0 Å². The zero-order valence-corrected chi connectivity index (χ0v) is 14.5. The topological polar surface area (TPSA) is 65.0 Å². The molecule has 0 spiro atoms. The highest BCUT2D eigenvalue weighted by molar-refractivity contribution is 5.88. The minimum Gasteiger partial charge on any atom is -0.493 e. The maximum Gasteiger partial charge on any atom is 0.335 e. The summed E-state index contributed by atoms with van der Waals surface area (Å²) in [6.07, 6.45) is 0.508. The number of rotatable bonds is 9. The number of aromatic carboxylic acids is 1. The van der Waals surface area contributed by atoms with Crippen LogP contribution in [0.25, 0.3) is 0 Å². The molecule has 0 saturated heterocycles. The average Bonchev–Trinajstić information content (AvgIpc) is 2.69. The van der Waals surface area contributed by atoms with Crippen LogP contribution in [0.5, 0.6) is 17.2 Å². The van der Waals surface area contributed by atoms with E-state index in [4.69, 9.17) is 14.6 Å². The van der Waals surface area contributed by atoms with Crippen molar-refractivity contribution < 1.29 is 46.1 Å². The van der Waals surface area contributed by atoms with Gasteiger partial charge in [-0.1, -0.05) is 0 Å². The molecule has 0 fully saturated rings. The highest BCUT2D eigenvalue weighted by Gasteiger charge is 2.26. The molecule has 0 aliphatic rings. The van der Waals surface area contributed by atoms with Crippen molar-refractivity contribution in [2.45, 2.75) is 12.8 Å². The molecule has 0 aromatic heterocycles. The predicted octanol–water partition coefficient (Wildman–Crippen LogP) is 4.33. The Labute approximate surface area is 156 Å². The SMILES string of the molecule is COc1cc(C(=O)O)ccc1OCCCCOc1c(F)c(F)c(F)c(F)c1F. The van der Waals surface area contributed by atoms with Crippen LogP contribution in [-0.2, 0) is 0 Å². The molecule has 2 aromatic rings. The van der Waals surface area contributed by atoms with Crippen molar-refractivity contribution in [1.82, 2.24) is 0 Å². The smallest absolute Gasteiger partial charge is 0.335 e. The Morgan fingerprint density at radius 1 is 0.857 bits per heavy atom. The van der Waals surface area contributed by atoms with E-state index in [0.29, 0.717) is 6.42 Å². The van der Waals surface area contributed by atoms with Crippen LogP contribution < -0.4 is 14.2 Å². The Balaban J connectivity index is 1.86. The summed E-state index contributed by atoms with van der Waals surface area (Å²) in [7, 11) is 1.34. The first-order valence-electron chi connectivity index (χ1n) is 7.96. The lowest BCUT2D eigenvalue weighted by molar-refractivity contribution is 0.0696. The van der Waals surface area contributed by atoms with Crippen LogP contribution in [0.4, 0.5) is 22.0 Å². The standard InChI is InChI=1S/C18H15F5O5/c1-26-11-8-9(18(24)25)4-5-10(11)27-6-2-3-7-28-17-15(22)13(20)12(19)14(21)16(17)23/h4-5,8H,2-3,6-7H2,1H3,(H,24,25). The fraction of sp³-hybridized carbons (Fsp3) is 0.278. The van der Waals surface area contributed by atoms with Crippen molar-refractivity contribution >= 4 is 5.97 Å². The lowest BCUT2D eigenvalue weighted by Gasteiger charge is -2.12. The van der Waals surface area contributed by atoms with E-state index >= 15 is 0 Å². The molecule has 0 aliphatic heterocycles. The molecule has 5 nitrogen and oxygen atoms in total. The van der Waals surface area contributed by atoms with E-state index < -0.39 is 40.8 Å². The van der Waals surface area contributed by atoms with E-state index in [1.165, 1.54) is 25.3 Å². The highest BCUT2D eigenvalue weighted by atomic mass is 19.2. The Morgan fingerprint density at radius 3 is 1.93 bits per heavy atom. The Kier molecular flexibility index (Phi) is 7.02. The van der Waals surface area contributed by atoms with E-state index in [2.05, 4.69) is 4.74 Å². The first-order valence-corrected chi connectivity index (χ1v) is 7.96. The van der Waals surface area contributed by atoms with Crippen LogP contribution in [0.1, 0.15) is 23.2 Å². The normalized spacial score (nSPS) is 10.6. The van der Waals surface area contributed by atoms with Gasteiger partial charge in [0.25, 0.3) is 0 Å². The maximum absolute atomic E-state index is 13.4. The summed E-state index contributed by atoms with van der Waals surface area (Å²) in [5.74, 6) is -12.4. The molecule has 0 unspecified atom stereocenters. The fourth-order valence-electron chi connectivity index (χ4n) is 2.19.